The maximum absolute atomic E-state index is 12.5. The Balaban J connectivity index is 1.40. The van der Waals surface area contributed by atoms with Gasteiger partial charge in [0.15, 0.2) is 16.6 Å². The lowest BCUT2D eigenvalue weighted by atomic mass is 10.0. The highest BCUT2D eigenvalue weighted by Gasteiger charge is 2.25. The molecule has 0 radical (unpaired) electrons. The van der Waals surface area contributed by atoms with Gasteiger partial charge < -0.3 is 16.0 Å². The second-order valence-corrected chi connectivity index (χ2v) is 21.1. The molecule has 7 N–H and O–H groups in total. The Morgan fingerprint density at radius 3 is 1.64 bits per heavy atom. The van der Waals surface area contributed by atoms with Crippen molar-refractivity contribution in [3.8, 4) is 23.3 Å². The molecule has 0 bridgehead atoms. The van der Waals surface area contributed by atoms with Gasteiger partial charge in [-0.2, -0.15) is 44.2 Å². The number of hydrogen-bond donors (Lipinski definition) is 7. The fraction of sp³-hybridized carbons (Fsp3) is 0.0476. The molecule has 0 spiro atoms. The van der Waals surface area contributed by atoms with Crippen molar-refractivity contribution in [3.05, 3.63) is 120 Å². The molecule has 0 aliphatic rings. The molecule has 0 atom stereocenters. The van der Waals surface area contributed by atoms with Crippen molar-refractivity contribution in [1.82, 2.24) is 4.98 Å². The number of anilines is 5. The number of hydrogen-bond acceptors (Lipinski definition) is 19. The molecule has 2 aromatic heterocycles. The molecule has 28 heteroatoms. The zero-order chi connectivity index (χ0) is 50.9. The molecule has 0 aliphatic carbocycles. The number of nitriles is 2. The highest BCUT2D eigenvalue weighted by molar-refractivity contribution is 7.86. The summed E-state index contributed by atoms with van der Waals surface area (Å²) in [4.78, 5) is 14.0. The van der Waals surface area contributed by atoms with E-state index in [9.17, 15) is 67.2 Å². The molecule has 0 unspecified atom stereocenters. The zero-order valence-corrected chi connectivity index (χ0v) is 39.5. The fourth-order valence-corrected chi connectivity index (χ4v) is 9.97. The summed E-state index contributed by atoms with van der Waals surface area (Å²) in [5, 5.41) is 46.0. The van der Waals surface area contributed by atoms with E-state index in [1.54, 1.807) is 0 Å². The van der Waals surface area contributed by atoms with E-state index in [0.717, 1.165) is 59.9 Å². The van der Waals surface area contributed by atoms with Gasteiger partial charge in [-0.15, -0.1) is 20.5 Å². The lowest BCUT2D eigenvalue weighted by Gasteiger charge is -2.16. The molecule has 356 valence electrons. The maximum Gasteiger partial charge on any atom is 0.295 e. The Hall–Kier alpha value is -7.90. The smallest absolute Gasteiger partial charge is 0.295 e. The van der Waals surface area contributed by atoms with Gasteiger partial charge in [-0.1, -0.05) is 35.6 Å². The second-order valence-electron chi connectivity index (χ2n) is 14.5. The van der Waals surface area contributed by atoms with Crippen LogP contribution in [0.2, 0.25) is 0 Å². The minimum absolute atomic E-state index is 0.0567. The highest BCUT2D eigenvalue weighted by atomic mass is 32.2. The lowest BCUT2D eigenvalue weighted by molar-refractivity contribution is -0.114. The molecule has 0 fully saturated rings. The summed E-state index contributed by atoms with van der Waals surface area (Å²) < 4.78 is 135. The molecule has 0 saturated heterocycles. The summed E-state index contributed by atoms with van der Waals surface area (Å²) in [5.74, 6) is -0.580. The van der Waals surface area contributed by atoms with Gasteiger partial charge in [0.05, 0.1) is 21.0 Å². The molecule has 7 aromatic rings. The van der Waals surface area contributed by atoms with Gasteiger partial charge in [-0.3, -0.25) is 23.0 Å². The van der Waals surface area contributed by atoms with Crippen LogP contribution in [0.25, 0.3) is 21.9 Å². The van der Waals surface area contributed by atoms with Crippen LogP contribution in [0.15, 0.2) is 143 Å². The van der Waals surface area contributed by atoms with E-state index in [-0.39, 0.29) is 83.3 Å². The minimum Gasteiger partial charge on any atom is -0.339 e. The summed E-state index contributed by atoms with van der Waals surface area (Å²) in [6.07, 6.45) is 0. The van der Waals surface area contributed by atoms with Crippen LogP contribution in [-0.4, -0.2) is 62.8 Å². The first kappa shape index (κ1) is 50.0. The third-order valence-corrected chi connectivity index (χ3v) is 14.3. The van der Waals surface area contributed by atoms with Crippen molar-refractivity contribution in [1.29, 1.82) is 10.5 Å². The van der Waals surface area contributed by atoms with Gasteiger partial charge in [0.1, 0.15) is 38.2 Å². The quantitative estimate of drug-likeness (QED) is 0.0394. The normalized spacial score (nSPS) is 12.2. The van der Waals surface area contributed by atoms with Crippen LogP contribution in [0.4, 0.5) is 50.1 Å². The first-order valence-corrected chi connectivity index (χ1v) is 25.9. The Bertz CT molecular complexity index is 3910. The van der Waals surface area contributed by atoms with Crippen LogP contribution in [0.5, 0.6) is 0 Å². The summed E-state index contributed by atoms with van der Waals surface area (Å²) in [7, 11) is -19.1. The van der Waals surface area contributed by atoms with Gasteiger partial charge in [0, 0.05) is 45.9 Å². The van der Waals surface area contributed by atoms with Gasteiger partial charge >= 0.3 is 0 Å². The van der Waals surface area contributed by atoms with Crippen LogP contribution < -0.4 is 16.0 Å². The summed E-state index contributed by atoms with van der Waals surface area (Å²) in [6, 6.07) is 25.1. The first-order chi connectivity index (χ1) is 32.8. The number of carbonyl (C=O) groups excluding carboxylic acids is 1. The molecule has 2 heterocycles. The Labute approximate surface area is 401 Å². The van der Waals surface area contributed by atoms with Crippen molar-refractivity contribution in [2.45, 2.75) is 33.4 Å². The third kappa shape index (κ3) is 11.0. The number of pyridine rings is 1. The van der Waals surface area contributed by atoms with E-state index < -0.39 is 60.1 Å². The van der Waals surface area contributed by atoms with Crippen molar-refractivity contribution >= 4 is 119 Å². The highest BCUT2D eigenvalue weighted by Crippen LogP contribution is 2.49. The van der Waals surface area contributed by atoms with Crippen molar-refractivity contribution in [2.75, 3.05) is 16.0 Å². The predicted molar refractivity (Wildman–Crippen MR) is 253 cm³/mol. The molecule has 5 aromatic carbocycles. The number of carbonyl (C=O) groups is 1. The third-order valence-electron chi connectivity index (χ3n) is 9.79. The number of nitrogens with zero attached hydrogens (tertiary/aromatic N) is 7. The number of nitrogens with one attached hydrogen (secondary N) is 3. The molecule has 0 saturated carbocycles. The van der Waals surface area contributed by atoms with Gasteiger partial charge in [-0.05, 0) is 91.3 Å². The van der Waals surface area contributed by atoms with E-state index >= 15 is 0 Å². The first-order valence-electron chi connectivity index (χ1n) is 19.3. The standard InChI is InChI=1S/C42H30N10O13S5/c1-22-33(20-43)39(46-26-10-14-29(15-11-26)67(54,55)56)48-40(47-27-12-16-30(17-13-27)68(57,58)59)38(22)50-51-41-34(21-44)37(24-6-8-25(9-7-24)45-23(2)53)42(66-41)52-49-28-18-32-31(36(19-28)70(63,64)65)4-3-5-35(32)69(60,61)62/h3-19H,1-2H3,(H,45,53)(H2,46,47,48)(H,54,55,56)(H,57,58,59)(H,60,61,62)(H,63,64,65)/b51-50?,52-49+. The summed E-state index contributed by atoms with van der Waals surface area (Å²) in [5.41, 5.74) is 0.680. The number of aromatic nitrogens is 1. The van der Waals surface area contributed by atoms with Crippen molar-refractivity contribution in [2.24, 2.45) is 20.5 Å². The van der Waals surface area contributed by atoms with Crippen LogP contribution in [0, 0.1) is 29.6 Å². The van der Waals surface area contributed by atoms with Gasteiger partial charge in [0.2, 0.25) is 5.91 Å². The van der Waals surface area contributed by atoms with Gasteiger partial charge in [0.25, 0.3) is 40.5 Å². The zero-order valence-electron chi connectivity index (χ0n) is 35.4. The molecule has 70 heavy (non-hydrogen) atoms. The molecular formula is C42H30N10O13S5. The average molecular weight is 1040 g/mol. The molecule has 1 amide bonds. The molecule has 23 nitrogen and oxygen atoms in total. The van der Waals surface area contributed by atoms with Crippen LogP contribution in [0.1, 0.15) is 23.6 Å². The maximum atomic E-state index is 12.5. The SMILES string of the molecule is CC(=O)Nc1ccc(-c2c(/N=N/c3cc(S(=O)(=O)O)c4cccc(S(=O)(=O)O)c4c3)sc(N=Nc3c(Nc4ccc(S(=O)(=O)O)cc4)nc(Nc4ccc(S(=O)(=O)O)cc4)c(C#N)c3C)c2C#N)cc1. The van der Waals surface area contributed by atoms with Gasteiger partial charge in [-0.25, -0.2) is 4.98 Å². The number of azo groups is 2. The monoisotopic (exact) mass is 1040 g/mol. The Kier molecular flexibility index (Phi) is 13.7. The number of amides is 1. The summed E-state index contributed by atoms with van der Waals surface area (Å²) in [6.45, 7) is 2.78. The fourth-order valence-electron chi connectivity index (χ4n) is 6.67. The van der Waals surface area contributed by atoms with Crippen LogP contribution in [-0.2, 0) is 45.3 Å². The van der Waals surface area contributed by atoms with Crippen molar-refractivity contribution in [3.63, 3.8) is 0 Å². The van der Waals surface area contributed by atoms with E-state index in [0.29, 0.717) is 11.3 Å². The van der Waals surface area contributed by atoms with Crippen molar-refractivity contribution < 1.29 is 56.7 Å². The lowest BCUT2D eigenvalue weighted by Crippen LogP contribution is -2.05. The number of rotatable bonds is 14. The predicted octanol–water partition coefficient (Wildman–Crippen LogP) is 9.28. The largest absolute Gasteiger partial charge is 0.339 e. The van der Waals surface area contributed by atoms with E-state index in [1.165, 1.54) is 68.4 Å². The topological polar surface area (TPSA) is 381 Å². The number of benzene rings is 5. The van der Waals surface area contributed by atoms with E-state index in [2.05, 4.69) is 47.5 Å². The Morgan fingerprint density at radius 2 is 1.13 bits per heavy atom. The molecular weight excluding hydrogens is 1010 g/mol. The number of thiophene rings is 1. The Morgan fingerprint density at radius 1 is 0.600 bits per heavy atom. The van der Waals surface area contributed by atoms with E-state index in [1.807, 2.05) is 6.07 Å². The average Bonchev–Trinajstić information content (AvgIpc) is 3.64. The minimum atomic E-state index is -5.04. The van der Waals surface area contributed by atoms with E-state index in [4.69, 9.17) is 0 Å². The van der Waals surface area contributed by atoms with Crippen LogP contribution in [0.3, 0.4) is 0 Å². The second kappa shape index (κ2) is 19.2. The molecule has 0 aliphatic heterocycles. The summed E-state index contributed by atoms with van der Waals surface area (Å²) >= 11 is 0.741. The van der Waals surface area contributed by atoms with Crippen LogP contribution >= 0.6 is 11.3 Å². The molecule has 7 rings (SSSR count). The number of fused-ring (bicyclic) bond motifs is 1.